The lowest BCUT2D eigenvalue weighted by Gasteiger charge is -2.21. The molecule has 19 heavy (non-hydrogen) atoms. The van der Waals surface area contributed by atoms with Gasteiger partial charge in [0.25, 0.3) is 5.91 Å². The van der Waals surface area contributed by atoms with Gasteiger partial charge < -0.3 is 15.5 Å². The number of rotatable bonds is 5. The SMILES string of the molecule is CCN(C)C(=O)C(C)Nc1ccnc(C(=O)NC)c1. The van der Waals surface area contributed by atoms with Gasteiger partial charge in [0.15, 0.2) is 0 Å². The average Bonchev–Trinajstić information content (AvgIpc) is 2.44. The third-order valence-corrected chi connectivity index (χ3v) is 2.82. The van der Waals surface area contributed by atoms with E-state index in [4.69, 9.17) is 0 Å². The zero-order valence-electron chi connectivity index (χ0n) is 11.7. The Balaban J connectivity index is 2.77. The molecular weight excluding hydrogens is 244 g/mol. The lowest BCUT2D eigenvalue weighted by Crippen LogP contribution is -2.38. The molecule has 0 fully saturated rings. The van der Waals surface area contributed by atoms with Gasteiger partial charge in [0.05, 0.1) is 0 Å². The van der Waals surface area contributed by atoms with Crippen LogP contribution in [0.4, 0.5) is 5.69 Å². The van der Waals surface area contributed by atoms with Gasteiger partial charge >= 0.3 is 0 Å². The predicted octanol–water partition coefficient (Wildman–Crippen LogP) is 0.720. The van der Waals surface area contributed by atoms with Crippen LogP contribution < -0.4 is 10.6 Å². The molecule has 0 radical (unpaired) electrons. The van der Waals surface area contributed by atoms with Crippen molar-refractivity contribution in [3.8, 4) is 0 Å². The highest BCUT2D eigenvalue weighted by Crippen LogP contribution is 2.10. The summed E-state index contributed by atoms with van der Waals surface area (Å²) in [6.45, 7) is 4.36. The topological polar surface area (TPSA) is 74.3 Å². The zero-order valence-corrected chi connectivity index (χ0v) is 11.7. The molecule has 0 aliphatic rings. The molecule has 1 heterocycles. The van der Waals surface area contributed by atoms with Crippen LogP contribution in [-0.4, -0.2) is 48.4 Å². The molecule has 0 aromatic carbocycles. The molecule has 0 saturated heterocycles. The lowest BCUT2D eigenvalue weighted by molar-refractivity contribution is -0.130. The van der Waals surface area contributed by atoms with Crippen molar-refractivity contribution in [2.75, 3.05) is 26.0 Å². The summed E-state index contributed by atoms with van der Waals surface area (Å²) in [5.74, 6) is -0.255. The maximum Gasteiger partial charge on any atom is 0.269 e. The Morgan fingerprint density at radius 1 is 1.47 bits per heavy atom. The third kappa shape index (κ3) is 3.94. The molecule has 0 aliphatic heterocycles. The molecule has 0 saturated carbocycles. The first-order valence-corrected chi connectivity index (χ1v) is 6.19. The normalized spacial score (nSPS) is 11.6. The molecule has 1 aromatic rings. The molecule has 1 atom stereocenters. The Bertz CT molecular complexity index is 462. The summed E-state index contributed by atoms with van der Waals surface area (Å²) in [6.07, 6.45) is 1.54. The largest absolute Gasteiger partial charge is 0.374 e. The second-order valence-electron chi connectivity index (χ2n) is 4.23. The van der Waals surface area contributed by atoms with E-state index in [2.05, 4.69) is 15.6 Å². The molecule has 6 nitrogen and oxygen atoms in total. The molecule has 2 N–H and O–H groups in total. The van der Waals surface area contributed by atoms with Crippen LogP contribution in [0.1, 0.15) is 24.3 Å². The van der Waals surface area contributed by atoms with E-state index >= 15 is 0 Å². The van der Waals surface area contributed by atoms with E-state index < -0.39 is 0 Å². The number of carbonyl (C=O) groups excluding carboxylic acids is 2. The summed E-state index contributed by atoms with van der Waals surface area (Å²) in [7, 11) is 3.30. The Morgan fingerprint density at radius 2 is 2.16 bits per heavy atom. The third-order valence-electron chi connectivity index (χ3n) is 2.82. The first-order chi connectivity index (χ1) is 8.99. The minimum Gasteiger partial charge on any atom is -0.374 e. The number of anilines is 1. The Hall–Kier alpha value is -2.11. The summed E-state index contributed by atoms with van der Waals surface area (Å²) in [6, 6.07) is 2.99. The number of pyridine rings is 1. The number of hydrogen-bond acceptors (Lipinski definition) is 4. The van der Waals surface area contributed by atoms with E-state index in [1.165, 1.54) is 6.20 Å². The summed E-state index contributed by atoms with van der Waals surface area (Å²) < 4.78 is 0. The van der Waals surface area contributed by atoms with Gasteiger partial charge in [-0.2, -0.15) is 0 Å². The van der Waals surface area contributed by atoms with E-state index in [-0.39, 0.29) is 17.9 Å². The molecule has 0 aliphatic carbocycles. The van der Waals surface area contributed by atoms with Crippen LogP contribution in [0.5, 0.6) is 0 Å². The fourth-order valence-electron chi connectivity index (χ4n) is 1.57. The van der Waals surface area contributed by atoms with Crippen LogP contribution in [0.25, 0.3) is 0 Å². The summed E-state index contributed by atoms with van der Waals surface area (Å²) in [5, 5.41) is 5.57. The Labute approximate surface area is 113 Å². The smallest absolute Gasteiger partial charge is 0.269 e. The van der Waals surface area contributed by atoms with Gasteiger partial charge in [-0.25, -0.2) is 0 Å². The number of nitrogens with zero attached hydrogens (tertiary/aromatic N) is 2. The van der Waals surface area contributed by atoms with E-state index in [0.29, 0.717) is 17.9 Å². The fourth-order valence-corrected chi connectivity index (χ4v) is 1.57. The minimum absolute atomic E-state index is 0.000746. The van der Waals surface area contributed by atoms with Crippen LogP contribution >= 0.6 is 0 Å². The number of hydrogen-bond donors (Lipinski definition) is 2. The number of nitrogens with one attached hydrogen (secondary N) is 2. The van der Waals surface area contributed by atoms with Crippen LogP contribution in [0, 0.1) is 0 Å². The van der Waals surface area contributed by atoms with Gasteiger partial charge in [0.1, 0.15) is 11.7 Å². The van der Waals surface area contributed by atoms with E-state index in [1.54, 1.807) is 38.1 Å². The van der Waals surface area contributed by atoms with Gasteiger partial charge in [-0.05, 0) is 26.0 Å². The van der Waals surface area contributed by atoms with E-state index in [9.17, 15) is 9.59 Å². The molecule has 0 spiro atoms. The molecule has 1 unspecified atom stereocenters. The second-order valence-corrected chi connectivity index (χ2v) is 4.23. The van der Waals surface area contributed by atoms with Gasteiger partial charge in [-0.15, -0.1) is 0 Å². The molecule has 6 heteroatoms. The van der Waals surface area contributed by atoms with Crippen molar-refractivity contribution in [3.05, 3.63) is 24.0 Å². The molecule has 104 valence electrons. The second kappa shape index (κ2) is 6.72. The summed E-state index contributed by atoms with van der Waals surface area (Å²) >= 11 is 0. The highest BCUT2D eigenvalue weighted by molar-refractivity contribution is 5.93. The predicted molar refractivity (Wildman–Crippen MR) is 74.0 cm³/mol. The quantitative estimate of drug-likeness (QED) is 0.822. The summed E-state index contributed by atoms with van der Waals surface area (Å²) in [4.78, 5) is 29.0. The highest BCUT2D eigenvalue weighted by Gasteiger charge is 2.16. The summed E-state index contributed by atoms with van der Waals surface area (Å²) in [5.41, 5.74) is 1.01. The number of likely N-dealkylation sites (N-methyl/N-ethyl adjacent to an activating group) is 1. The Morgan fingerprint density at radius 3 is 2.74 bits per heavy atom. The Kier molecular flexibility index (Phi) is 5.29. The molecule has 0 bridgehead atoms. The van der Waals surface area contributed by atoms with Crippen LogP contribution in [0.15, 0.2) is 18.3 Å². The fraction of sp³-hybridized carbons (Fsp3) is 0.462. The van der Waals surface area contributed by atoms with Crippen molar-refractivity contribution >= 4 is 17.5 Å². The highest BCUT2D eigenvalue weighted by atomic mass is 16.2. The van der Waals surface area contributed by atoms with Crippen LogP contribution in [0.2, 0.25) is 0 Å². The monoisotopic (exact) mass is 264 g/mol. The average molecular weight is 264 g/mol. The zero-order chi connectivity index (χ0) is 14.4. The van der Waals surface area contributed by atoms with Crippen molar-refractivity contribution in [2.45, 2.75) is 19.9 Å². The van der Waals surface area contributed by atoms with Gasteiger partial charge in [-0.3, -0.25) is 14.6 Å². The molecule has 2 amide bonds. The molecule has 1 rings (SSSR count). The van der Waals surface area contributed by atoms with E-state index in [1.807, 2.05) is 6.92 Å². The van der Waals surface area contributed by atoms with Gasteiger partial charge in [0.2, 0.25) is 5.91 Å². The molecular formula is C13H20N4O2. The van der Waals surface area contributed by atoms with E-state index in [0.717, 1.165) is 0 Å². The number of carbonyl (C=O) groups is 2. The van der Waals surface area contributed by atoms with Crippen molar-refractivity contribution in [1.29, 1.82) is 0 Å². The maximum atomic E-state index is 11.9. The van der Waals surface area contributed by atoms with Crippen LogP contribution in [-0.2, 0) is 4.79 Å². The first-order valence-electron chi connectivity index (χ1n) is 6.19. The van der Waals surface area contributed by atoms with Crippen molar-refractivity contribution in [1.82, 2.24) is 15.2 Å². The lowest BCUT2D eigenvalue weighted by atomic mass is 10.2. The standard InChI is InChI=1S/C13H20N4O2/c1-5-17(4)13(19)9(2)16-10-6-7-15-11(8-10)12(18)14-3/h6-9H,5H2,1-4H3,(H,14,18)(H,15,16). The van der Waals surface area contributed by atoms with Crippen molar-refractivity contribution < 1.29 is 9.59 Å². The van der Waals surface area contributed by atoms with Gasteiger partial charge in [0, 0.05) is 32.5 Å². The maximum absolute atomic E-state index is 11.9. The van der Waals surface area contributed by atoms with Crippen LogP contribution in [0.3, 0.4) is 0 Å². The first kappa shape index (κ1) is 14.9. The van der Waals surface area contributed by atoms with Crippen molar-refractivity contribution in [3.63, 3.8) is 0 Å². The number of amides is 2. The molecule has 1 aromatic heterocycles. The van der Waals surface area contributed by atoms with Crippen molar-refractivity contribution in [2.24, 2.45) is 0 Å². The minimum atomic E-state index is -0.357. The number of aromatic nitrogens is 1. The van der Waals surface area contributed by atoms with Gasteiger partial charge in [-0.1, -0.05) is 0 Å².